The SMILES string of the molecule is CCCCCc1ccc(Nc2nc(Nc3ccc(C)cc3)ncc2C(F)(F)F)cc1. The van der Waals surface area contributed by atoms with Gasteiger partial charge in [-0.2, -0.15) is 18.2 Å². The number of nitrogens with zero attached hydrogens (tertiary/aromatic N) is 2. The Bertz CT molecular complexity index is 952. The minimum absolute atomic E-state index is 0.0885. The van der Waals surface area contributed by atoms with Crippen molar-refractivity contribution in [3.05, 3.63) is 71.4 Å². The molecule has 0 aliphatic carbocycles. The summed E-state index contributed by atoms with van der Waals surface area (Å²) in [5.41, 5.74) is 2.57. The molecule has 2 aromatic carbocycles. The minimum atomic E-state index is -4.56. The molecule has 0 aliphatic rings. The Morgan fingerprint density at radius 2 is 1.50 bits per heavy atom. The first kappa shape index (κ1) is 21.6. The molecule has 7 heteroatoms. The van der Waals surface area contributed by atoms with Crippen LogP contribution in [-0.4, -0.2) is 9.97 Å². The van der Waals surface area contributed by atoms with Crippen LogP contribution in [0, 0.1) is 6.92 Å². The highest BCUT2D eigenvalue weighted by atomic mass is 19.4. The van der Waals surface area contributed by atoms with E-state index in [0.717, 1.165) is 43.0 Å². The number of hydrogen-bond donors (Lipinski definition) is 2. The van der Waals surface area contributed by atoms with Crippen molar-refractivity contribution >= 4 is 23.1 Å². The van der Waals surface area contributed by atoms with Crippen LogP contribution in [0.5, 0.6) is 0 Å². The lowest BCUT2D eigenvalue weighted by atomic mass is 10.1. The molecule has 2 N–H and O–H groups in total. The van der Waals surface area contributed by atoms with Crippen LogP contribution in [0.2, 0.25) is 0 Å². The topological polar surface area (TPSA) is 49.8 Å². The maximum absolute atomic E-state index is 13.5. The van der Waals surface area contributed by atoms with Crippen LogP contribution in [0.3, 0.4) is 0 Å². The Kier molecular flexibility index (Phi) is 6.92. The van der Waals surface area contributed by atoms with E-state index < -0.39 is 11.7 Å². The van der Waals surface area contributed by atoms with Crippen molar-refractivity contribution in [3.8, 4) is 0 Å². The number of benzene rings is 2. The average Bonchev–Trinajstić information content (AvgIpc) is 2.70. The van der Waals surface area contributed by atoms with E-state index in [4.69, 9.17) is 0 Å². The Morgan fingerprint density at radius 1 is 0.867 bits per heavy atom. The quantitative estimate of drug-likeness (QED) is 0.389. The lowest BCUT2D eigenvalue weighted by Gasteiger charge is -2.15. The molecule has 0 saturated carbocycles. The molecule has 0 bridgehead atoms. The van der Waals surface area contributed by atoms with Gasteiger partial charge in [-0.3, -0.25) is 0 Å². The maximum atomic E-state index is 13.5. The third-order valence-corrected chi connectivity index (χ3v) is 4.69. The molecule has 158 valence electrons. The molecule has 1 heterocycles. The Morgan fingerprint density at radius 3 is 2.13 bits per heavy atom. The standard InChI is InChI=1S/C23H25F3N4/c1-3-4-5-6-17-9-13-18(14-10-17)28-21-20(23(24,25)26)15-27-22(30-21)29-19-11-7-16(2)8-12-19/h7-15H,3-6H2,1-2H3,(H2,27,28,29,30). The molecule has 3 rings (SSSR count). The van der Waals surface area contributed by atoms with Crippen molar-refractivity contribution in [2.24, 2.45) is 0 Å². The van der Waals surface area contributed by atoms with Crippen LogP contribution in [0.15, 0.2) is 54.7 Å². The maximum Gasteiger partial charge on any atom is 0.421 e. The van der Waals surface area contributed by atoms with Gasteiger partial charge in [0.05, 0.1) is 0 Å². The normalized spacial score (nSPS) is 11.4. The molecule has 0 spiro atoms. The molecule has 4 nitrogen and oxygen atoms in total. The van der Waals surface area contributed by atoms with E-state index in [-0.39, 0.29) is 11.8 Å². The molecule has 0 unspecified atom stereocenters. The van der Waals surface area contributed by atoms with E-state index in [1.807, 2.05) is 43.3 Å². The minimum Gasteiger partial charge on any atom is -0.340 e. The fourth-order valence-corrected chi connectivity index (χ4v) is 2.98. The van der Waals surface area contributed by atoms with E-state index in [1.165, 1.54) is 0 Å². The molecule has 0 radical (unpaired) electrons. The molecule has 0 atom stereocenters. The Balaban J connectivity index is 1.81. The van der Waals surface area contributed by atoms with Crippen molar-refractivity contribution in [2.45, 2.75) is 45.7 Å². The number of nitrogens with one attached hydrogen (secondary N) is 2. The zero-order valence-electron chi connectivity index (χ0n) is 17.1. The second-order valence-corrected chi connectivity index (χ2v) is 7.22. The molecule has 0 amide bonds. The number of unbranched alkanes of at least 4 members (excludes halogenated alkanes) is 2. The molecule has 0 aliphatic heterocycles. The summed E-state index contributed by atoms with van der Waals surface area (Å²) >= 11 is 0. The predicted octanol–water partition coefficient (Wildman–Crippen LogP) is 7.02. The van der Waals surface area contributed by atoms with Crippen LogP contribution in [0.25, 0.3) is 0 Å². The van der Waals surface area contributed by atoms with Gasteiger partial charge in [-0.1, -0.05) is 49.6 Å². The first-order valence-corrected chi connectivity index (χ1v) is 9.99. The van der Waals surface area contributed by atoms with Crippen LogP contribution in [-0.2, 0) is 12.6 Å². The highest BCUT2D eigenvalue weighted by Crippen LogP contribution is 2.35. The predicted molar refractivity (Wildman–Crippen MR) is 114 cm³/mol. The van der Waals surface area contributed by atoms with E-state index >= 15 is 0 Å². The summed E-state index contributed by atoms with van der Waals surface area (Å²) in [5, 5.41) is 5.74. The number of alkyl halides is 3. The lowest BCUT2D eigenvalue weighted by molar-refractivity contribution is -0.137. The van der Waals surface area contributed by atoms with Gasteiger partial charge >= 0.3 is 6.18 Å². The van der Waals surface area contributed by atoms with Crippen LogP contribution in [0.1, 0.15) is 42.9 Å². The summed E-state index contributed by atoms with van der Waals surface area (Å²) in [7, 11) is 0. The second-order valence-electron chi connectivity index (χ2n) is 7.22. The highest BCUT2D eigenvalue weighted by molar-refractivity contribution is 5.63. The average molecular weight is 414 g/mol. The van der Waals surface area contributed by atoms with E-state index in [9.17, 15) is 13.2 Å². The zero-order chi connectivity index (χ0) is 21.6. The van der Waals surface area contributed by atoms with Gasteiger partial charge in [0.25, 0.3) is 0 Å². The Hall–Kier alpha value is -3.09. The van der Waals surface area contributed by atoms with Crippen LogP contribution < -0.4 is 10.6 Å². The van der Waals surface area contributed by atoms with Gasteiger partial charge in [0.15, 0.2) is 0 Å². The molecule has 3 aromatic rings. The molecule has 30 heavy (non-hydrogen) atoms. The van der Waals surface area contributed by atoms with Gasteiger partial charge in [0.2, 0.25) is 5.95 Å². The molecular weight excluding hydrogens is 389 g/mol. The number of aryl methyl sites for hydroxylation is 2. The number of halogens is 3. The van der Waals surface area contributed by atoms with E-state index in [2.05, 4.69) is 27.5 Å². The van der Waals surface area contributed by atoms with Crippen LogP contribution >= 0.6 is 0 Å². The first-order valence-electron chi connectivity index (χ1n) is 9.99. The number of rotatable bonds is 8. The largest absolute Gasteiger partial charge is 0.421 e. The van der Waals surface area contributed by atoms with E-state index in [1.54, 1.807) is 12.1 Å². The summed E-state index contributed by atoms with van der Waals surface area (Å²) in [5.74, 6) is -0.198. The van der Waals surface area contributed by atoms with Gasteiger partial charge in [-0.15, -0.1) is 0 Å². The van der Waals surface area contributed by atoms with E-state index in [0.29, 0.717) is 11.4 Å². The second kappa shape index (κ2) is 9.61. The third kappa shape index (κ3) is 5.95. The van der Waals surface area contributed by atoms with Gasteiger partial charge in [-0.05, 0) is 49.6 Å². The van der Waals surface area contributed by atoms with Gasteiger partial charge < -0.3 is 10.6 Å². The summed E-state index contributed by atoms with van der Waals surface area (Å²) < 4.78 is 40.4. The summed E-state index contributed by atoms with van der Waals surface area (Å²) in [4.78, 5) is 7.92. The van der Waals surface area contributed by atoms with Crippen molar-refractivity contribution in [1.29, 1.82) is 0 Å². The first-order chi connectivity index (χ1) is 14.3. The fourth-order valence-electron chi connectivity index (χ4n) is 2.98. The van der Waals surface area contributed by atoms with Crippen molar-refractivity contribution in [3.63, 3.8) is 0 Å². The van der Waals surface area contributed by atoms with Crippen molar-refractivity contribution in [1.82, 2.24) is 9.97 Å². The summed E-state index contributed by atoms with van der Waals surface area (Å²) in [6.45, 7) is 4.10. The molecule has 0 saturated heterocycles. The van der Waals surface area contributed by atoms with Gasteiger partial charge in [0.1, 0.15) is 11.4 Å². The molecular formula is C23H25F3N4. The highest BCUT2D eigenvalue weighted by Gasteiger charge is 2.35. The van der Waals surface area contributed by atoms with Crippen molar-refractivity contribution in [2.75, 3.05) is 10.6 Å². The molecule has 1 aromatic heterocycles. The Labute approximate surface area is 174 Å². The van der Waals surface area contributed by atoms with Gasteiger partial charge in [0, 0.05) is 17.6 Å². The number of aromatic nitrogens is 2. The summed E-state index contributed by atoms with van der Waals surface area (Å²) in [6, 6.07) is 14.8. The smallest absolute Gasteiger partial charge is 0.340 e. The number of anilines is 4. The van der Waals surface area contributed by atoms with Gasteiger partial charge in [-0.25, -0.2) is 4.98 Å². The summed E-state index contributed by atoms with van der Waals surface area (Å²) in [6.07, 6.45) is 0.594. The molecule has 0 fully saturated rings. The zero-order valence-corrected chi connectivity index (χ0v) is 17.1. The monoisotopic (exact) mass is 414 g/mol. The fraction of sp³-hybridized carbons (Fsp3) is 0.304. The lowest BCUT2D eigenvalue weighted by Crippen LogP contribution is -2.12. The number of hydrogen-bond acceptors (Lipinski definition) is 4. The van der Waals surface area contributed by atoms with Crippen LogP contribution in [0.4, 0.5) is 36.3 Å². The third-order valence-electron chi connectivity index (χ3n) is 4.69. The van der Waals surface area contributed by atoms with Crippen molar-refractivity contribution < 1.29 is 13.2 Å².